The van der Waals surface area contributed by atoms with Gasteiger partial charge in [-0.25, -0.2) is 0 Å². The van der Waals surface area contributed by atoms with Crippen molar-refractivity contribution in [2.75, 3.05) is 4.90 Å². The smallest absolute Gasteiger partial charge is 0.0640 e. The summed E-state index contributed by atoms with van der Waals surface area (Å²) in [4.78, 5) is 2.46. The van der Waals surface area contributed by atoms with E-state index in [9.17, 15) is 0 Å². The third kappa shape index (κ3) is 5.24. The number of hydrogen-bond acceptors (Lipinski definition) is 2. The molecular weight excluding hydrogens is 647 g/mol. The van der Waals surface area contributed by atoms with Crippen LogP contribution >= 0.6 is 11.3 Å². The summed E-state index contributed by atoms with van der Waals surface area (Å²) in [6.07, 6.45) is 0. The van der Waals surface area contributed by atoms with Crippen molar-refractivity contribution < 1.29 is 0 Å². The molecule has 2 heteroatoms. The van der Waals surface area contributed by atoms with E-state index in [0.717, 1.165) is 11.4 Å². The Morgan fingerprint density at radius 2 is 0.885 bits per heavy atom. The summed E-state index contributed by atoms with van der Waals surface area (Å²) in [5.74, 6) is 0. The lowest BCUT2D eigenvalue weighted by Crippen LogP contribution is -2.10. The minimum atomic E-state index is 1.12. The van der Waals surface area contributed by atoms with Crippen molar-refractivity contribution in [3.05, 3.63) is 200 Å². The van der Waals surface area contributed by atoms with Crippen LogP contribution in [0.4, 0.5) is 17.1 Å². The summed E-state index contributed by atoms with van der Waals surface area (Å²) in [7, 11) is 0. The molecule has 52 heavy (non-hydrogen) atoms. The molecule has 0 spiro atoms. The Labute approximate surface area is 307 Å². The molecule has 0 saturated heterocycles. The molecule has 1 aromatic heterocycles. The predicted octanol–water partition coefficient (Wildman–Crippen LogP) is 14.8. The molecule has 0 atom stereocenters. The molecule has 10 rings (SSSR count). The first-order valence-corrected chi connectivity index (χ1v) is 18.6. The normalized spacial score (nSPS) is 11.5. The second kappa shape index (κ2) is 12.7. The molecule has 0 fully saturated rings. The van der Waals surface area contributed by atoms with Gasteiger partial charge in [0.2, 0.25) is 0 Å². The molecule has 10 aromatic rings. The van der Waals surface area contributed by atoms with Gasteiger partial charge in [0.15, 0.2) is 0 Å². The summed E-state index contributed by atoms with van der Waals surface area (Å²) < 4.78 is 2.59. The number of nitrogens with zero attached hydrogens (tertiary/aromatic N) is 1. The predicted molar refractivity (Wildman–Crippen MR) is 225 cm³/mol. The van der Waals surface area contributed by atoms with E-state index in [0.29, 0.717) is 0 Å². The van der Waals surface area contributed by atoms with E-state index < -0.39 is 0 Å². The van der Waals surface area contributed by atoms with E-state index in [-0.39, 0.29) is 0 Å². The molecule has 0 amide bonds. The number of thiophene rings is 1. The van der Waals surface area contributed by atoms with Crippen LogP contribution in [-0.4, -0.2) is 0 Å². The molecule has 0 saturated carbocycles. The zero-order valence-corrected chi connectivity index (χ0v) is 29.2. The number of fused-ring (bicyclic) bond motifs is 5. The summed E-state index contributed by atoms with van der Waals surface area (Å²) >= 11 is 1.87. The van der Waals surface area contributed by atoms with Crippen molar-refractivity contribution in [3.8, 4) is 33.4 Å². The van der Waals surface area contributed by atoms with Crippen molar-refractivity contribution >= 4 is 70.1 Å². The third-order valence-electron chi connectivity index (χ3n) is 10.3. The standard InChI is InChI=1S/C50H33NS/c1-3-12-34(13-4-1)37-22-24-40-33-38(23-25-39(40)32-37)35-26-28-41(29-27-35)51(48-20-11-19-46-45-18-9-10-21-49(45)52-50(46)48)47-31-30-42(36-14-5-2-6-15-36)43-16-7-8-17-44(43)47/h1-33H. The highest BCUT2D eigenvalue weighted by atomic mass is 32.1. The number of benzene rings is 9. The minimum Gasteiger partial charge on any atom is -0.308 e. The van der Waals surface area contributed by atoms with Crippen LogP contribution < -0.4 is 4.90 Å². The highest BCUT2D eigenvalue weighted by molar-refractivity contribution is 7.26. The maximum absolute atomic E-state index is 2.46. The van der Waals surface area contributed by atoms with Crippen LogP contribution in [0.5, 0.6) is 0 Å². The van der Waals surface area contributed by atoms with E-state index in [1.54, 1.807) is 0 Å². The van der Waals surface area contributed by atoms with Gasteiger partial charge in [0.1, 0.15) is 0 Å². The summed E-state index contributed by atoms with van der Waals surface area (Å²) in [5, 5.41) is 7.53. The van der Waals surface area contributed by atoms with Gasteiger partial charge in [0.05, 0.1) is 16.1 Å². The molecule has 0 N–H and O–H groups in total. The second-order valence-corrected chi connectivity index (χ2v) is 14.4. The van der Waals surface area contributed by atoms with Crippen molar-refractivity contribution in [3.63, 3.8) is 0 Å². The molecule has 0 bridgehead atoms. The summed E-state index contributed by atoms with van der Waals surface area (Å²) in [5.41, 5.74) is 10.8. The first-order valence-electron chi connectivity index (χ1n) is 17.8. The van der Waals surface area contributed by atoms with Gasteiger partial charge in [-0.2, -0.15) is 0 Å². The van der Waals surface area contributed by atoms with Gasteiger partial charge < -0.3 is 4.90 Å². The van der Waals surface area contributed by atoms with Gasteiger partial charge in [-0.3, -0.25) is 0 Å². The minimum absolute atomic E-state index is 1.12. The van der Waals surface area contributed by atoms with Crippen molar-refractivity contribution in [2.45, 2.75) is 0 Å². The first kappa shape index (κ1) is 30.4. The maximum atomic E-state index is 2.46. The Balaban J connectivity index is 1.12. The van der Waals surface area contributed by atoms with E-state index in [2.05, 4.69) is 205 Å². The average molecular weight is 680 g/mol. The maximum Gasteiger partial charge on any atom is 0.0640 e. The monoisotopic (exact) mass is 679 g/mol. The lowest BCUT2D eigenvalue weighted by molar-refractivity contribution is 1.32. The van der Waals surface area contributed by atoms with E-state index in [1.165, 1.54) is 80.8 Å². The van der Waals surface area contributed by atoms with Crippen LogP contribution in [0.25, 0.3) is 75.1 Å². The van der Waals surface area contributed by atoms with E-state index >= 15 is 0 Å². The van der Waals surface area contributed by atoms with Gasteiger partial charge in [-0.1, -0.05) is 158 Å². The van der Waals surface area contributed by atoms with Crippen LogP contribution in [0.2, 0.25) is 0 Å². The molecule has 1 heterocycles. The fourth-order valence-electron chi connectivity index (χ4n) is 7.70. The topological polar surface area (TPSA) is 3.24 Å². The highest BCUT2D eigenvalue weighted by Crippen LogP contribution is 2.47. The van der Waals surface area contributed by atoms with Gasteiger partial charge >= 0.3 is 0 Å². The van der Waals surface area contributed by atoms with Crippen LogP contribution in [0.1, 0.15) is 0 Å². The molecule has 0 aliphatic rings. The zero-order chi connectivity index (χ0) is 34.4. The van der Waals surface area contributed by atoms with E-state index in [1.807, 2.05) is 11.3 Å². The molecule has 244 valence electrons. The molecule has 9 aromatic carbocycles. The Hall–Kier alpha value is -6.48. The molecule has 0 unspecified atom stereocenters. The summed E-state index contributed by atoms with van der Waals surface area (Å²) in [6, 6.07) is 72.9. The fourth-order valence-corrected chi connectivity index (χ4v) is 8.91. The largest absolute Gasteiger partial charge is 0.308 e. The Kier molecular flexibility index (Phi) is 7.41. The molecule has 1 nitrogen and oxygen atoms in total. The van der Waals surface area contributed by atoms with Crippen LogP contribution in [0.15, 0.2) is 200 Å². The zero-order valence-electron chi connectivity index (χ0n) is 28.4. The van der Waals surface area contributed by atoms with Crippen LogP contribution in [0, 0.1) is 0 Å². The first-order chi connectivity index (χ1) is 25.8. The van der Waals surface area contributed by atoms with E-state index in [4.69, 9.17) is 0 Å². The second-order valence-electron chi connectivity index (χ2n) is 13.3. The Bertz CT molecular complexity index is 2890. The number of rotatable bonds is 6. The van der Waals surface area contributed by atoms with Gasteiger partial charge in [-0.05, 0) is 92.0 Å². The number of anilines is 3. The lowest BCUT2D eigenvalue weighted by Gasteiger charge is -2.28. The average Bonchev–Trinajstić information content (AvgIpc) is 3.61. The Morgan fingerprint density at radius 3 is 1.60 bits per heavy atom. The third-order valence-corrected chi connectivity index (χ3v) is 11.5. The van der Waals surface area contributed by atoms with Gasteiger partial charge in [0.25, 0.3) is 0 Å². The van der Waals surface area contributed by atoms with Crippen LogP contribution in [0.3, 0.4) is 0 Å². The number of hydrogen-bond donors (Lipinski definition) is 0. The summed E-state index contributed by atoms with van der Waals surface area (Å²) in [6.45, 7) is 0. The Morgan fingerprint density at radius 1 is 0.327 bits per heavy atom. The lowest BCUT2D eigenvalue weighted by atomic mass is 9.96. The fraction of sp³-hybridized carbons (Fsp3) is 0. The quantitative estimate of drug-likeness (QED) is 0.169. The SMILES string of the molecule is c1ccc(-c2ccc3cc(-c4ccc(N(c5ccc(-c6ccccc6)c6ccccc56)c5cccc6c5sc5ccccc56)cc4)ccc3c2)cc1. The van der Waals surface area contributed by atoms with Gasteiger partial charge in [-0.15, -0.1) is 11.3 Å². The van der Waals surface area contributed by atoms with Crippen LogP contribution in [-0.2, 0) is 0 Å². The van der Waals surface area contributed by atoms with Crippen molar-refractivity contribution in [2.24, 2.45) is 0 Å². The van der Waals surface area contributed by atoms with Crippen molar-refractivity contribution in [1.82, 2.24) is 0 Å². The molecular formula is C50H33NS. The van der Waals surface area contributed by atoms with Crippen molar-refractivity contribution in [1.29, 1.82) is 0 Å². The van der Waals surface area contributed by atoms with Gasteiger partial charge in [0, 0.05) is 26.5 Å². The molecule has 0 aliphatic heterocycles. The molecule has 0 aliphatic carbocycles. The highest BCUT2D eigenvalue weighted by Gasteiger charge is 2.21. The molecule has 0 radical (unpaired) electrons.